The predicted molar refractivity (Wildman–Crippen MR) is 93.5 cm³/mol. The van der Waals surface area contributed by atoms with Gasteiger partial charge in [-0.1, -0.05) is 36.4 Å². The van der Waals surface area contributed by atoms with E-state index in [4.69, 9.17) is 0 Å². The highest BCUT2D eigenvalue weighted by Crippen LogP contribution is 2.46. The van der Waals surface area contributed by atoms with Crippen molar-refractivity contribution in [3.8, 4) is 34.1 Å². The van der Waals surface area contributed by atoms with Gasteiger partial charge in [-0.25, -0.2) is 0 Å². The normalized spacial score (nSPS) is 11.2. The highest BCUT2D eigenvalue weighted by atomic mass is 16.3. The van der Waals surface area contributed by atoms with Gasteiger partial charge in [0.2, 0.25) is 0 Å². The number of fused-ring (bicyclic) bond motifs is 2. The Bertz CT molecular complexity index is 1090. The molecular formula is C20H14O4. The molecule has 0 unspecified atom stereocenters. The van der Waals surface area contributed by atoms with E-state index in [0.29, 0.717) is 27.3 Å². The van der Waals surface area contributed by atoms with Gasteiger partial charge < -0.3 is 20.4 Å². The van der Waals surface area contributed by atoms with Gasteiger partial charge >= 0.3 is 0 Å². The summed E-state index contributed by atoms with van der Waals surface area (Å²) in [5, 5.41) is 43.6. The summed E-state index contributed by atoms with van der Waals surface area (Å²) in [5.41, 5.74) is 0.668. The summed E-state index contributed by atoms with van der Waals surface area (Å²) in [6.07, 6.45) is 0. The van der Waals surface area contributed by atoms with E-state index in [-0.39, 0.29) is 23.0 Å². The Hall–Kier alpha value is -3.40. The Balaban J connectivity index is 2.16. The zero-order chi connectivity index (χ0) is 16.8. The molecule has 118 valence electrons. The van der Waals surface area contributed by atoms with Crippen molar-refractivity contribution in [2.75, 3.05) is 0 Å². The molecule has 4 aromatic rings. The fourth-order valence-corrected chi connectivity index (χ4v) is 3.11. The van der Waals surface area contributed by atoms with Gasteiger partial charge in [-0.2, -0.15) is 0 Å². The molecule has 0 aromatic heterocycles. The molecule has 4 heteroatoms. The lowest BCUT2D eigenvalue weighted by molar-refractivity contribution is 0.467. The fraction of sp³-hybridized carbons (Fsp3) is 0. The van der Waals surface area contributed by atoms with Crippen LogP contribution in [0.25, 0.3) is 32.7 Å². The lowest BCUT2D eigenvalue weighted by Gasteiger charge is -2.14. The van der Waals surface area contributed by atoms with Crippen LogP contribution in [0.3, 0.4) is 0 Å². The van der Waals surface area contributed by atoms with Gasteiger partial charge in [0.1, 0.15) is 23.0 Å². The van der Waals surface area contributed by atoms with Crippen molar-refractivity contribution in [2.45, 2.75) is 0 Å². The molecule has 0 aliphatic rings. The molecule has 4 nitrogen and oxygen atoms in total. The lowest BCUT2D eigenvalue weighted by atomic mass is 9.93. The Labute approximate surface area is 137 Å². The molecule has 0 aliphatic carbocycles. The molecule has 0 bridgehead atoms. The van der Waals surface area contributed by atoms with Gasteiger partial charge in [0, 0.05) is 21.9 Å². The first kappa shape index (κ1) is 14.2. The first-order chi connectivity index (χ1) is 11.6. The van der Waals surface area contributed by atoms with Crippen LogP contribution in [0.4, 0.5) is 0 Å². The third kappa shape index (κ3) is 2.01. The van der Waals surface area contributed by atoms with Crippen LogP contribution in [0.2, 0.25) is 0 Å². The molecule has 4 rings (SSSR count). The molecule has 0 heterocycles. The Morgan fingerprint density at radius 3 is 2.08 bits per heavy atom. The summed E-state index contributed by atoms with van der Waals surface area (Å²) in [5.74, 6) is -0.0126. The van der Waals surface area contributed by atoms with Crippen LogP contribution in [-0.4, -0.2) is 20.4 Å². The standard InChI is InChI=1S/C20H14O4/c21-12-7-5-11-6-8-17(22)19(15(11)9-12)16-10-18(23)13-3-1-2-4-14(13)20(16)24/h1-10,21-24H. The van der Waals surface area contributed by atoms with Crippen molar-refractivity contribution >= 4 is 21.5 Å². The average Bonchev–Trinajstić information content (AvgIpc) is 2.58. The third-order valence-electron chi connectivity index (χ3n) is 4.25. The van der Waals surface area contributed by atoms with Gasteiger partial charge in [-0.05, 0) is 35.0 Å². The molecule has 0 atom stereocenters. The second-order valence-corrected chi connectivity index (χ2v) is 5.70. The predicted octanol–water partition coefficient (Wildman–Crippen LogP) is 4.48. The summed E-state index contributed by atoms with van der Waals surface area (Å²) in [7, 11) is 0. The molecule has 0 radical (unpaired) electrons. The molecular weight excluding hydrogens is 304 g/mol. The summed E-state index contributed by atoms with van der Waals surface area (Å²) in [4.78, 5) is 0. The van der Waals surface area contributed by atoms with E-state index in [9.17, 15) is 20.4 Å². The number of phenols is 4. The number of rotatable bonds is 1. The maximum Gasteiger partial charge on any atom is 0.131 e. The van der Waals surface area contributed by atoms with E-state index >= 15 is 0 Å². The van der Waals surface area contributed by atoms with E-state index in [1.54, 1.807) is 42.5 Å². The van der Waals surface area contributed by atoms with Crippen LogP contribution < -0.4 is 0 Å². The minimum absolute atomic E-state index is 0.00922. The van der Waals surface area contributed by atoms with E-state index in [1.165, 1.54) is 18.2 Å². The van der Waals surface area contributed by atoms with Crippen molar-refractivity contribution in [1.29, 1.82) is 0 Å². The molecule has 0 amide bonds. The van der Waals surface area contributed by atoms with Crippen molar-refractivity contribution in [3.63, 3.8) is 0 Å². The van der Waals surface area contributed by atoms with Gasteiger partial charge in [0.15, 0.2) is 0 Å². The first-order valence-corrected chi connectivity index (χ1v) is 7.45. The molecule has 0 spiro atoms. The van der Waals surface area contributed by atoms with Crippen molar-refractivity contribution in [2.24, 2.45) is 0 Å². The van der Waals surface area contributed by atoms with E-state index in [1.807, 2.05) is 0 Å². The van der Waals surface area contributed by atoms with Gasteiger partial charge in [-0.15, -0.1) is 0 Å². The number of hydrogen-bond acceptors (Lipinski definition) is 4. The minimum Gasteiger partial charge on any atom is -0.508 e. The Morgan fingerprint density at radius 1 is 0.583 bits per heavy atom. The van der Waals surface area contributed by atoms with Crippen LogP contribution in [0.5, 0.6) is 23.0 Å². The van der Waals surface area contributed by atoms with E-state index in [2.05, 4.69) is 0 Å². The fourth-order valence-electron chi connectivity index (χ4n) is 3.11. The molecule has 0 fully saturated rings. The van der Waals surface area contributed by atoms with Crippen LogP contribution >= 0.6 is 0 Å². The van der Waals surface area contributed by atoms with Crippen molar-refractivity contribution in [1.82, 2.24) is 0 Å². The SMILES string of the molecule is Oc1ccc2ccc(O)c(-c3cc(O)c4ccccc4c3O)c2c1. The molecule has 0 aliphatic heterocycles. The zero-order valence-corrected chi connectivity index (χ0v) is 12.6. The highest BCUT2D eigenvalue weighted by molar-refractivity contribution is 6.06. The number of hydrogen-bond donors (Lipinski definition) is 4. The van der Waals surface area contributed by atoms with Crippen molar-refractivity contribution in [3.05, 3.63) is 60.7 Å². The minimum atomic E-state index is -0.0434. The topological polar surface area (TPSA) is 80.9 Å². The smallest absolute Gasteiger partial charge is 0.131 e. The van der Waals surface area contributed by atoms with Crippen LogP contribution in [0.15, 0.2) is 60.7 Å². The van der Waals surface area contributed by atoms with E-state index < -0.39 is 0 Å². The average molecular weight is 318 g/mol. The zero-order valence-electron chi connectivity index (χ0n) is 12.6. The molecule has 0 saturated carbocycles. The summed E-state index contributed by atoms with van der Waals surface area (Å²) in [6.45, 7) is 0. The van der Waals surface area contributed by atoms with Crippen LogP contribution in [-0.2, 0) is 0 Å². The number of aromatic hydroxyl groups is 4. The Morgan fingerprint density at radius 2 is 1.29 bits per heavy atom. The lowest BCUT2D eigenvalue weighted by Crippen LogP contribution is -1.86. The number of phenolic OH excluding ortho intramolecular Hbond substituents is 4. The van der Waals surface area contributed by atoms with Gasteiger partial charge in [-0.3, -0.25) is 0 Å². The quantitative estimate of drug-likeness (QED) is 0.390. The third-order valence-corrected chi connectivity index (χ3v) is 4.25. The largest absolute Gasteiger partial charge is 0.508 e. The second-order valence-electron chi connectivity index (χ2n) is 5.70. The van der Waals surface area contributed by atoms with Crippen LogP contribution in [0.1, 0.15) is 0 Å². The molecule has 24 heavy (non-hydrogen) atoms. The van der Waals surface area contributed by atoms with Gasteiger partial charge in [0.25, 0.3) is 0 Å². The maximum absolute atomic E-state index is 10.7. The van der Waals surface area contributed by atoms with E-state index in [0.717, 1.165) is 5.39 Å². The summed E-state index contributed by atoms with van der Waals surface area (Å²) < 4.78 is 0. The molecule has 4 N–H and O–H groups in total. The summed E-state index contributed by atoms with van der Waals surface area (Å²) >= 11 is 0. The Kier molecular flexibility index (Phi) is 3.00. The highest BCUT2D eigenvalue weighted by Gasteiger charge is 2.18. The maximum atomic E-state index is 10.7. The second kappa shape index (κ2) is 5.06. The van der Waals surface area contributed by atoms with Crippen molar-refractivity contribution < 1.29 is 20.4 Å². The first-order valence-electron chi connectivity index (χ1n) is 7.45. The van der Waals surface area contributed by atoms with Gasteiger partial charge in [0.05, 0.1) is 0 Å². The number of benzene rings is 4. The molecule has 0 saturated heterocycles. The monoisotopic (exact) mass is 318 g/mol. The van der Waals surface area contributed by atoms with Crippen LogP contribution in [0, 0.1) is 0 Å². The summed E-state index contributed by atoms with van der Waals surface area (Å²) in [6, 6.07) is 16.4. The molecule has 4 aromatic carbocycles.